The molecule has 1 amide bonds. The lowest BCUT2D eigenvalue weighted by Crippen LogP contribution is -2.28. The molecule has 29 heavy (non-hydrogen) atoms. The molecule has 0 aliphatic rings. The van der Waals surface area contributed by atoms with Crippen LogP contribution in [0, 0.1) is 0 Å². The number of rotatable bonds is 5. The number of carbonyl (C=O) groups excluding carboxylic acids is 1. The maximum Gasteiger partial charge on any atom is 0.253 e. The molecule has 0 unspecified atom stereocenters. The van der Waals surface area contributed by atoms with Gasteiger partial charge in [-0.25, -0.2) is 4.98 Å². The van der Waals surface area contributed by atoms with Crippen LogP contribution in [0.5, 0.6) is 0 Å². The van der Waals surface area contributed by atoms with E-state index in [0.717, 1.165) is 34.1 Å². The van der Waals surface area contributed by atoms with Crippen LogP contribution in [-0.2, 0) is 0 Å². The molecule has 144 valence electrons. The first kappa shape index (κ1) is 19.3. The highest BCUT2D eigenvalue weighted by Crippen LogP contribution is 2.34. The summed E-state index contributed by atoms with van der Waals surface area (Å²) < 4.78 is 0.711. The van der Waals surface area contributed by atoms with Crippen molar-refractivity contribution in [3.8, 4) is 11.3 Å². The molecule has 4 aromatic rings. The highest BCUT2D eigenvalue weighted by molar-refractivity contribution is 9.10. The van der Waals surface area contributed by atoms with E-state index in [1.54, 1.807) is 0 Å². The van der Waals surface area contributed by atoms with E-state index >= 15 is 0 Å². The van der Waals surface area contributed by atoms with Gasteiger partial charge in [-0.05, 0) is 34.0 Å². The first-order valence-electron chi connectivity index (χ1n) is 9.68. The fraction of sp³-hybridized carbons (Fsp3) is 0.120. The smallest absolute Gasteiger partial charge is 0.253 e. The molecule has 3 nitrogen and oxygen atoms in total. The van der Waals surface area contributed by atoms with Gasteiger partial charge in [-0.1, -0.05) is 85.8 Å². The van der Waals surface area contributed by atoms with E-state index in [2.05, 4.69) is 28.2 Å². The maximum absolute atomic E-state index is 13.4. The van der Waals surface area contributed by atoms with Crippen LogP contribution in [-0.4, -0.2) is 10.9 Å². The molecule has 0 spiro atoms. The minimum absolute atomic E-state index is 0.0531. The number of amides is 1. The van der Waals surface area contributed by atoms with E-state index in [9.17, 15) is 4.79 Å². The van der Waals surface area contributed by atoms with Gasteiger partial charge in [-0.2, -0.15) is 0 Å². The Kier molecular flexibility index (Phi) is 5.72. The summed E-state index contributed by atoms with van der Waals surface area (Å²) in [6.07, 6.45) is 0.807. The van der Waals surface area contributed by atoms with Gasteiger partial charge < -0.3 is 5.32 Å². The van der Waals surface area contributed by atoms with Crippen LogP contribution in [0.15, 0.2) is 89.4 Å². The van der Waals surface area contributed by atoms with Crippen molar-refractivity contribution in [1.29, 1.82) is 0 Å². The molecule has 4 heteroatoms. The fourth-order valence-electron chi connectivity index (χ4n) is 3.53. The van der Waals surface area contributed by atoms with Crippen molar-refractivity contribution in [2.45, 2.75) is 19.4 Å². The SMILES string of the molecule is CC[C@@H](NC(=O)c1c(Br)c(-c2ccccc2)nc2ccccc12)c1ccccc1. The van der Waals surface area contributed by atoms with Crippen molar-refractivity contribution in [3.63, 3.8) is 0 Å². The molecule has 3 aromatic carbocycles. The summed E-state index contributed by atoms with van der Waals surface area (Å²) in [5.74, 6) is -0.108. The molecule has 0 saturated heterocycles. The summed E-state index contributed by atoms with van der Waals surface area (Å²) in [4.78, 5) is 18.3. The third kappa shape index (κ3) is 3.94. The Morgan fingerprint density at radius 2 is 1.55 bits per heavy atom. The molecule has 1 N–H and O–H groups in total. The summed E-state index contributed by atoms with van der Waals surface area (Å²) in [7, 11) is 0. The maximum atomic E-state index is 13.4. The average Bonchev–Trinajstić information content (AvgIpc) is 2.78. The number of nitrogens with one attached hydrogen (secondary N) is 1. The number of fused-ring (bicyclic) bond motifs is 1. The van der Waals surface area contributed by atoms with Crippen molar-refractivity contribution >= 4 is 32.7 Å². The standard InChI is InChI=1S/C25H21BrN2O/c1-2-20(17-11-5-3-6-12-17)28-25(29)22-19-15-9-10-16-21(19)27-24(23(22)26)18-13-7-4-8-14-18/h3-16,20H,2H2,1H3,(H,28,29)/t20-/m1/s1. The van der Waals surface area contributed by atoms with E-state index in [0.29, 0.717) is 10.0 Å². The van der Waals surface area contributed by atoms with Crippen LogP contribution in [0.3, 0.4) is 0 Å². The molecule has 1 heterocycles. The Morgan fingerprint density at radius 1 is 0.931 bits per heavy atom. The van der Waals surface area contributed by atoms with E-state index in [4.69, 9.17) is 4.98 Å². The van der Waals surface area contributed by atoms with Crippen LogP contribution in [0.25, 0.3) is 22.2 Å². The van der Waals surface area contributed by atoms with Gasteiger partial charge in [0.05, 0.1) is 27.3 Å². The number of aromatic nitrogens is 1. The molecule has 0 bridgehead atoms. The highest BCUT2D eigenvalue weighted by Gasteiger charge is 2.22. The Morgan fingerprint density at radius 3 is 2.24 bits per heavy atom. The monoisotopic (exact) mass is 444 g/mol. The lowest BCUT2D eigenvalue weighted by molar-refractivity contribution is 0.0936. The lowest BCUT2D eigenvalue weighted by Gasteiger charge is -2.19. The Hall–Kier alpha value is -2.98. The molecular formula is C25H21BrN2O. The fourth-order valence-corrected chi connectivity index (χ4v) is 4.25. The van der Waals surface area contributed by atoms with Crippen LogP contribution >= 0.6 is 15.9 Å². The lowest BCUT2D eigenvalue weighted by atomic mass is 10.0. The van der Waals surface area contributed by atoms with Crippen molar-refractivity contribution in [2.75, 3.05) is 0 Å². The number of pyridine rings is 1. The zero-order valence-electron chi connectivity index (χ0n) is 16.1. The number of carbonyl (C=O) groups is 1. The Bertz CT molecular complexity index is 1140. The van der Waals surface area contributed by atoms with E-state index in [1.165, 1.54) is 0 Å². The van der Waals surface area contributed by atoms with Gasteiger partial charge in [0.2, 0.25) is 0 Å². The zero-order valence-corrected chi connectivity index (χ0v) is 17.7. The molecule has 0 saturated carbocycles. The number of nitrogens with zero attached hydrogens (tertiary/aromatic N) is 1. The zero-order chi connectivity index (χ0) is 20.2. The molecule has 0 fully saturated rings. The van der Waals surface area contributed by atoms with Gasteiger partial charge in [-0.15, -0.1) is 0 Å². The highest BCUT2D eigenvalue weighted by atomic mass is 79.9. The molecule has 4 rings (SSSR count). The third-order valence-electron chi connectivity index (χ3n) is 5.02. The van der Waals surface area contributed by atoms with Gasteiger partial charge in [-0.3, -0.25) is 4.79 Å². The quantitative estimate of drug-likeness (QED) is 0.379. The molecule has 0 aliphatic carbocycles. The number of halogens is 1. The Balaban J connectivity index is 1.82. The van der Waals surface area contributed by atoms with Crippen LogP contribution in [0.4, 0.5) is 0 Å². The van der Waals surface area contributed by atoms with Crippen molar-refractivity contribution in [3.05, 3.63) is 101 Å². The largest absolute Gasteiger partial charge is 0.345 e. The summed E-state index contributed by atoms with van der Waals surface area (Å²) in [6.45, 7) is 2.08. The van der Waals surface area contributed by atoms with E-state index in [-0.39, 0.29) is 11.9 Å². The second-order valence-electron chi connectivity index (χ2n) is 6.88. The topological polar surface area (TPSA) is 42.0 Å². The molecule has 0 aliphatic heterocycles. The number of para-hydroxylation sites is 1. The van der Waals surface area contributed by atoms with E-state index in [1.807, 2.05) is 84.9 Å². The predicted molar refractivity (Wildman–Crippen MR) is 122 cm³/mol. The minimum Gasteiger partial charge on any atom is -0.345 e. The van der Waals surface area contributed by atoms with Gasteiger partial charge in [0, 0.05) is 10.9 Å². The summed E-state index contributed by atoms with van der Waals surface area (Å²) in [6, 6.07) is 27.7. The van der Waals surface area contributed by atoms with Gasteiger partial charge in [0.15, 0.2) is 0 Å². The van der Waals surface area contributed by atoms with Crippen molar-refractivity contribution < 1.29 is 4.79 Å². The average molecular weight is 445 g/mol. The van der Waals surface area contributed by atoms with Crippen LogP contribution < -0.4 is 5.32 Å². The van der Waals surface area contributed by atoms with E-state index < -0.39 is 0 Å². The van der Waals surface area contributed by atoms with Crippen molar-refractivity contribution in [2.24, 2.45) is 0 Å². The Labute approximate surface area is 178 Å². The first-order chi connectivity index (χ1) is 14.2. The second-order valence-corrected chi connectivity index (χ2v) is 7.67. The minimum atomic E-state index is -0.108. The number of hydrogen-bond acceptors (Lipinski definition) is 2. The first-order valence-corrected chi connectivity index (χ1v) is 10.5. The van der Waals surface area contributed by atoms with Crippen LogP contribution in [0.2, 0.25) is 0 Å². The van der Waals surface area contributed by atoms with Gasteiger partial charge >= 0.3 is 0 Å². The van der Waals surface area contributed by atoms with Crippen LogP contribution in [0.1, 0.15) is 35.3 Å². The van der Waals surface area contributed by atoms with Gasteiger partial charge in [0.1, 0.15) is 0 Å². The number of benzene rings is 3. The van der Waals surface area contributed by atoms with Gasteiger partial charge in [0.25, 0.3) is 5.91 Å². The predicted octanol–water partition coefficient (Wildman–Crippen LogP) is 6.55. The molecule has 1 atom stereocenters. The number of hydrogen-bond donors (Lipinski definition) is 1. The summed E-state index contributed by atoms with van der Waals surface area (Å²) >= 11 is 3.68. The van der Waals surface area contributed by atoms with Crippen molar-refractivity contribution in [1.82, 2.24) is 10.3 Å². The molecular weight excluding hydrogens is 424 g/mol. The second kappa shape index (κ2) is 8.58. The molecule has 1 aromatic heterocycles. The summed E-state index contributed by atoms with van der Waals surface area (Å²) in [5, 5.41) is 4.05. The molecule has 0 radical (unpaired) electrons. The summed E-state index contributed by atoms with van der Waals surface area (Å²) in [5.41, 5.74) is 4.24. The third-order valence-corrected chi connectivity index (χ3v) is 5.79. The normalized spacial score (nSPS) is 11.9.